The van der Waals surface area contributed by atoms with Crippen molar-refractivity contribution >= 4 is 0 Å². The summed E-state index contributed by atoms with van der Waals surface area (Å²) in [6, 6.07) is 0. The van der Waals surface area contributed by atoms with Crippen molar-refractivity contribution in [3.8, 4) is 0 Å². The van der Waals surface area contributed by atoms with Gasteiger partial charge in [-0.05, 0) is 23.7 Å². The van der Waals surface area contributed by atoms with Crippen molar-refractivity contribution < 1.29 is 4.74 Å². The van der Waals surface area contributed by atoms with Gasteiger partial charge in [0.2, 0.25) is 0 Å². The highest BCUT2D eigenvalue weighted by molar-refractivity contribution is 4.79. The number of ether oxygens (including phenoxy) is 1. The smallest absolute Gasteiger partial charge is 0.0500 e. The van der Waals surface area contributed by atoms with Gasteiger partial charge < -0.3 is 4.74 Å². The van der Waals surface area contributed by atoms with Gasteiger partial charge in [0.1, 0.15) is 0 Å². The highest BCUT2D eigenvalue weighted by Crippen LogP contribution is 2.32. The van der Waals surface area contributed by atoms with Crippen LogP contribution in [0.1, 0.15) is 27.7 Å². The Balaban J connectivity index is 2.51. The van der Waals surface area contributed by atoms with Gasteiger partial charge in [-0.15, -0.1) is 0 Å². The van der Waals surface area contributed by atoms with Crippen LogP contribution in [0.15, 0.2) is 0 Å². The van der Waals surface area contributed by atoms with E-state index in [2.05, 4.69) is 27.7 Å². The average molecular weight is 156 g/mol. The van der Waals surface area contributed by atoms with E-state index in [1.807, 2.05) is 0 Å². The Kier molecular flexibility index (Phi) is 2.94. The molecule has 1 aliphatic heterocycles. The molecule has 1 heterocycles. The van der Waals surface area contributed by atoms with Gasteiger partial charge in [-0.1, -0.05) is 27.7 Å². The lowest BCUT2D eigenvalue weighted by molar-refractivity contribution is 0.172. The topological polar surface area (TPSA) is 9.23 Å². The molecular weight excluding hydrogens is 136 g/mol. The molecule has 1 nitrogen and oxygen atoms in total. The fraction of sp³-hybridized carbons (Fsp3) is 1.00. The quantitative estimate of drug-likeness (QED) is 0.597. The molecule has 0 spiro atoms. The van der Waals surface area contributed by atoms with Gasteiger partial charge in [-0.25, -0.2) is 0 Å². The van der Waals surface area contributed by atoms with Gasteiger partial charge >= 0.3 is 0 Å². The minimum absolute atomic E-state index is 0.782. The lowest BCUT2D eigenvalue weighted by atomic mass is 9.80. The molecule has 0 aromatic heterocycles. The van der Waals surface area contributed by atoms with Crippen molar-refractivity contribution in [2.24, 2.45) is 23.7 Å². The van der Waals surface area contributed by atoms with Gasteiger partial charge in [0.15, 0.2) is 0 Å². The first-order chi connectivity index (χ1) is 5.13. The van der Waals surface area contributed by atoms with Crippen LogP contribution in [0.5, 0.6) is 0 Å². The summed E-state index contributed by atoms with van der Waals surface area (Å²) in [5, 5.41) is 0. The normalized spacial score (nSPS) is 32.2. The zero-order chi connectivity index (χ0) is 8.43. The zero-order valence-corrected chi connectivity index (χ0v) is 8.13. The van der Waals surface area contributed by atoms with Gasteiger partial charge in [0.25, 0.3) is 0 Å². The Labute approximate surface area is 70.1 Å². The molecule has 0 saturated carbocycles. The summed E-state index contributed by atoms with van der Waals surface area (Å²) in [4.78, 5) is 0. The van der Waals surface area contributed by atoms with Gasteiger partial charge in [-0.3, -0.25) is 0 Å². The van der Waals surface area contributed by atoms with Crippen molar-refractivity contribution in [3.05, 3.63) is 0 Å². The van der Waals surface area contributed by atoms with E-state index < -0.39 is 0 Å². The third-order valence-corrected chi connectivity index (χ3v) is 2.88. The fourth-order valence-electron chi connectivity index (χ4n) is 1.96. The van der Waals surface area contributed by atoms with Crippen molar-refractivity contribution in [2.45, 2.75) is 27.7 Å². The largest absolute Gasteiger partial charge is 0.381 e. The molecular formula is C10H20O. The molecule has 11 heavy (non-hydrogen) atoms. The van der Waals surface area contributed by atoms with Crippen LogP contribution in [0.25, 0.3) is 0 Å². The van der Waals surface area contributed by atoms with E-state index in [4.69, 9.17) is 4.74 Å². The molecule has 0 bridgehead atoms. The fourth-order valence-corrected chi connectivity index (χ4v) is 1.96. The van der Waals surface area contributed by atoms with Crippen LogP contribution in [0.2, 0.25) is 0 Å². The third-order valence-electron chi connectivity index (χ3n) is 2.88. The third kappa shape index (κ3) is 1.96. The molecule has 1 fully saturated rings. The molecule has 0 aromatic rings. The van der Waals surface area contributed by atoms with E-state index in [1.165, 1.54) is 0 Å². The van der Waals surface area contributed by atoms with E-state index >= 15 is 0 Å². The Morgan fingerprint density at radius 3 is 1.55 bits per heavy atom. The number of rotatable bonds is 2. The van der Waals surface area contributed by atoms with Gasteiger partial charge in [0.05, 0.1) is 0 Å². The highest BCUT2D eigenvalue weighted by atomic mass is 16.5. The summed E-state index contributed by atoms with van der Waals surface area (Å²) in [5.74, 6) is 3.17. The van der Waals surface area contributed by atoms with Crippen LogP contribution in [-0.4, -0.2) is 13.2 Å². The molecule has 0 unspecified atom stereocenters. The highest BCUT2D eigenvalue weighted by Gasteiger charge is 2.32. The van der Waals surface area contributed by atoms with Crippen LogP contribution < -0.4 is 0 Å². The zero-order valence-electron chi connectivity index (χ0n) is 8.13. The number of hydrogen-bond acceptors (Lipinski definition) is 1. The van der Waals surface area contributed by atoms with E-state index in [9.17, 15) is 0 Å². The van der Waals surface area contributed by atoms with Crippen LogP contribution in [-0.2, 0) is 4.74 Å². The molecule has 0 aliphatic carbocycles. The Hall–Kier alpha value is -0.0400. The summed E-state index contributed by atoms with van der Waals surface area (Å²) < 4.78 is 5.49. The molecule has 66 valence electrons. The second-order valence-electron chi connectivity index (χ2n) is 4.35. The molecule has 0 aromatic carbocycles. The summed E-state index contributed by atoms with van der Waals surface area (Å²) in [7, 11) is 0. The maximum Gasteiger partial charge on any atom is 0.0500 e. The molecule has 1 rings (SSSR count). The molecule has 1 saturated heterocycles. The minimum atomic E-state index is 0.782. The maximum atomic E-state index is 5.49. The SMILES string of the molecule is CC(C)[C@H]1COC[C@H]1C(C)C. The predicted molar refractivity (Wildman–Crippen MR) is 47.5 cm³/mol. The minimum Gasteiger partial charge on any atom is -0.381 e. The first kappa shape index (κ1) is 9.05. The summed E-state index contributed by atoms with van der Waals surface area (Å²) in [6.07, 6.45) is 0. The summed E-state index contributed by atoms with van der Waals surface area (Å²) >= 11 is 0. The first-order valence-electron chi connectivity index (χ1n) is 4.70. The van der Waals surface area contributed by atoms with Crippen LogP contribution >= 0.6 is 0 Å². The van der Waals surface area contributed by atoms with Crippen molar-refractivity contribution in [1.82, 2.24) is 0 Å². The second kappa shape index (κ2) is 3.57. The van der Waals surface area contributed by atoms with Gasteiger partial charge in [0, 0.05) is 13.2 Å². The van der Waals surface area contributed by atoms with E-state index in [0.717, 1.165) is 36.9 Å². The molecule has 0 N–H and O–H groups in total. The molecule has 1 aliphatic rings. The van der Waals surface area contributed by atoms with Gasteiger partial charge in [-0.2, -0.15) is 0 Å². The first-order valence-corrected chi connectivity index (χ1v) is 4.70. The molecule has 1 heteroatoms. The lowest BCUT2D eigenvalue weighted by Crippen LogP contribution is -2.22. The van der Waals surface area contributed by atoms with Crippen molar-refractivity contribution in [2.75, 3.05) is 13.2 Å². The summed E-state index contributed by atoms with van der Waals surface area (Å²) in [6.45, 7) is 11.2. The van der Waals surface area contributed by atoms with E-state index in [1.54, 1.807) is 0 Å². The molecule has 0 amide bonds. The average Bonchev–Trinajstić information content (AvgIpc) is 2.32. The Morgan fingerprint density at radius 2 is 1.27 bits per heavy atom. The monoisotopic (exact) mass is 156 g/mol. The Bertz CT molecular complexity index is 104. The lowest BCUT2D eigenvalue weighted by Gasteiger charge is -2.23. The summed E-state index contributed by atoms with van der Waals surface area (Å²) in [5.41, 5.74) is 0. The van der Waals surface area contributed by atoms with Crippen molar-refractivity contribution in [3.63, 3.8) is 0 Å². The van der Waals surface area contributed by atoms with Crippen LogP contribution in [0, 0.1) is 23.7 Å². The second-order valence-corrected chi connectivity index (χ2v) is 4.35. The van der Waals surface area contributed by atoms with Crippen LogP contribution in [0.4, 0.5) is 0 Å². The number of hydrogen-bond donors (Lipinski definition) is 0. The maximum absolute atomic E-state index is 5.49. The standard InChI is InChI=1S/C10H20O/c1-7(2)9-5-11-6-10(9)8(3)4/h7-10H,5-6H2,1-4H3/t9-,10+. The molecule has 2 atom stereocenters. The van der Waals surface area contributed by atoms with Crippen molar-refractivity contribution in [1.29, 1.82) is 0 Å². The molecule has 0 radical (unpaired) electrons. The predicted octanol–water partition coefficient (Wildman–Crippen LogP) is 2.56. The van der Waals surface area contributed by atoms with Crippen LogP contribution in [0.3, 0.4) is 0 Å². The Morgan fingerprint density at radius 1 is 0.909 bits per heavy atom. The van der Waals surface area contributed by atoms with E-state index in [-0.39, 0.29) is 0 Å². The van der Waals surface area contributed by atoms with E-state index in [0.29, 0.717) is 0 Å².